The molecule has 0 spiro atoms. The van der Waals surface area contributed by atoms with E-state index >= 15 is 0 Å². The van der Waals surface area contributed by atoms with E-state index in [1.54, 1.807) is 13.8 Å². The van der Waals surface area contributed by atoms with Gasteiger partial charge in [-0.3, -0.25) is 0 Å². The molecule has 2 atom stereocenters. The van der Waals surface area contributed by atoms with E-state index < -0.39 is 57.2 Å². The number of esters is 1. The molecule has 12 heteroatoms. The van der Waals surface area contributed by atoms with Crippen LogP contribution in [0, 0.1) is 29.1 Å². The molecule has 1 saturated heterocycles. The van der Waals surface area contributed by atoms with Gasteiger partial charge in [-0.1, -0.05) is 6.07 Å². The van der Waals surface area contributed by atoms with E-state index in [1.807, 2.05) is 0 Å². The number of benzene rings is 2. The van der Waals surface area contributed by atoms with Crippen LogP contribution in [0.5, 0.6) is 0 Å². The minimum Gasteiger partial charge on any atom is -0.457 e. The first-order valence-corrected chi connectivity index (χ1v) is 10.8. The predicted octanol–water partition coefficient (Wildman–Crippen LogP) is 3.54. The number of ether oxygens (including phenoxy) is 2. The summed E-state index contributed by atoms with van der Waals surface area (Å²) in [6.07, 6.45) is -0.689. The lowest BCUT2D eigenvalue weighted by molar-refractivity contribution is -0.0440. The lowest BCUT2D eigenvalue weighted by atomic mass is 10.2. The highest BCUT2D eigenvalue weighted by Gasteiger charge is 2.33. The van der Waals surface area contributed by atoms with Crippen molar-refractivity contribution in [1.82, 2.24) is 4.31 Å². The van der Waals surface area contributed by atoms with E-state index in [4.69, 9.17) is 4.74 Å². The molecule has 0 bridgehead atoms. The van der Waals surface area contributed by atoms with E-state index in [9.17, 15) is 35.2 Å². The minimum absolute atomic E-state index is 0.0988. The topological polar surface area (TPSA) is 72.9 Å². The monoisotopic (exact) mass is 479 g/mol. The van der Waals surface area contributed by atoms with Gasteiger partial charge in [-0.25, -0.2) is 35.2 Å². The van der Waals surface area contributed by atoms with Gasteiger partial charge in [0.25, 0.3) is 0 Å². The average Bonchev–Trinajstić information content (AvgIpc) is 2.75. The second-order valence-electron chi connectivity index (χ2n) is 7.23. The van der Waals surface area contributed by atoms with Gasteiger partial charge >= 0.3 is 5.97 Å². The maximum absolute atomic E-state index is 13.7. The van der Waals surface area contributed by atoms with Gasteiger partial charge in [0.05, 0.1) is 28.2 Å². The third-order valence-electron chi connectivity index (χ3n) is 4.74. The van der Waals surface area contributed by atoms with Gasteiger partial charge in [0, 0.05) is 13.1 Å². The number of hydrogen-bond acceptors (Lipinski definition) is 5. The Morgan fingerprint density at radius 2 is 1.53 bits per heavy atom. The molecule has 2 aromatic rings. The van der Waals surface area contributed by atoms with E-state index in [-0.39, 0.29) is 35.8 Å². The first kappa shape index (κ1) is 24.1. The number of carbonyl (C=O) groups is 1. The number of morpholine rings is 1. The second-order valence-corrected chi connectivity index (χ2v) is 9.17. The summed E-state index contributed by atoms with van der Waals surface area (Å²) in [7, 11) is -4.00. The summed E-state index contributed by atoms with van der Waals surface area (Å²) in [6.45, 7) is 2.37. The maximum atomic E-state index is 13.7. The van der Waals surface area contributed by atoms with Gasteiger partial charge in [0.2, 0.25) is 15.8 Å². The molecule has 0 aliphatic carbocycles. The summed E-state index contributed by atoms with van der Waals surface area (Å²) in [5, 5.41) is 0. The molecule has 3 rings (SSSR count). The molecule has 1 aliphatic heterocycles. The van der Waals surface area contributed by atoms with Crippen molar-refractivity contribution in [3.05, 3.63) is 64.5 Å². The first-order chi connectivity index (χ1) is 14.9. The quantitative estimate of drug-likeness (QED) is 0.284. The molecular formula is C20H18F5NO5S. The van der Waals surface area contributed by atoms with Crippen LogP contribution in [0.1, 0.15) is 29.8 Å². The number of carbonyl (C=O) groups excluding carboxylic acids is 1. The van der Waals surface area contributed by atoms with Crippen molar-refractivity contribution >= 4 is 16.0 Å². The molecule has 2 aromatic carbocycles. The van der Waals surface area contributed by atoms with Crippen molar-refractivity contribution in [3.8, 4) is 0 Å². The fraction of sp³-hybridized carbons (Fsp3) is 0.350. The summed E-state index contributed by atoms with van der Waals surface area (Å²) in [5.74, 6) is -12.1. The zero-order valence-electron chi connectivity index (χ0n) is 16.9. The fourth-order valence-electron chi connectivity index (χ4n) is 3.26. The molecule has 1 heterocycles. The molecule has 1 aliphatic rings. The van der Waals surface area contributed by atoms with E-state index in [0.717, 1.165) is 6.07 Å². The summed E-state index contributed by atoms with van der Waals surface area (Å²) in [5.41, 5.74) is -1.61. The lowest BCUT2D eigenvalue weighted by Gasteiger charge is -2.34. The van der Waals surface area contributed by atoms with Crippen LogP contribution in [0.25, 0.3) is 0 Å². The maximum Gasteiger partial charge on any atom is 0.338 e. The van der Waals surface area contributed by atoms with Crippen molar-refractivity contribution in [2.24, 2.45) is 0 Å². The second kappa shape index (κ2) is 9.12. The Morgan fingerprint density at radius 3 is 2.09 bits per heavy atom. The Kier molecular flexibility index (Phi) is 6.86. The van der Waals surface area contributed by atoms with Gasteiger partial charge in [-0.15, -0.1) is 0 Å². The molecule has 2 unspecified atom stereocenters. The summed E-state index contributed by atoms with van der Waals surface area (Å²) in [6, 6.07) is 4.70. The van der Waals surface area contributed by atoms with Crippen LogP contribution >= 0.6 is 0 Å². The Labute approximate surface area is 180 Å². The first-order valence-electron chi connectivity index (χ1n) is 9.36. The fourth-order valence-corrected chi connectivity index (χ4v) is 4.89. The van der Waals surface area contributed by atoms with Crippen LogP contribution in [0.4, 0.5) is 22.0 Å². The van der Waals surface area contributed by atoms with Crippen molar-refractivity contribution in [2.75, 3.05) is 13.1 Å². The van der Waals surface area contributed by atoms with E-state index in [0.29, 0.717) is 0 Å². The Morgan fingerprint density at radius 1 is 1.00 bits per heavy atom. The molecule has 6 nitrogen and oxygen atoms in total. The van der Waals surface area contributed by atoms with Crippen molar-refractivity contribution in [2.45, 2.75) is 37.6 Å². The van der Waals surface area contributed by atoms with E-state index in [1.165, 1.54) is 22.5 Å². The number of sulfonamides is 1. The van der Waals surface area contributed by atoms with Gasteiger partial charge in [-0.2, -0.15) is 4.31 Å². The molecule has 0 N–H and O–H groups in total. The number of hydrogen-bond donors (Lipinski definition) is 0. The molecule has 32 heavy (non-hydrogen) atoms. The third kappa shape index (κ3) is 4.62. The molecule has 0 aromatic heterocycles. The lowest BCUT2D eigenvalue weighted by Crippen LogP contribution is -2.48. The number of rotatable bonds is 5. The number of nitrogens with zero attached hydrogens (tertiary/aromatic N) is 1. The van der Waals surface area contributed by atoms with Crippen LogP contribution < -0.4 is 0 Å². The largest absolute Gasteiger partial charge is 0.457 e. The zero-order chi connectivity index (χ0) is 23.8. The Bertz CT molecular complexity index is 1120. The summed E-state index contributed by atoms with van der Waals surface area (Å²) >= 11 is 0. The van der Waals surface area contributed by atoms with Gasteiger partial charge in [-0.05, 0) is 32.0 Å². The molecule has 0 amide bonds. The zero-order valence-corrected chi connectivity index (χ0v) is 17.7. The Hall–Kier alpha value is -2.57. The highest BCUT2D eigenvalue weighted by molar-refractivity contribution is 7.89. The smallest absolute Gasteiger partial charge is 0.338 e. The summed E-state index contributed by atoms with van der Waals surface area (Å²) < 4.78 is 104. The minimum atomic E-state index is -4.00. The molecule has 174 valence electrons. The van der Waals surface area contributed by atoms with Crippen LogP contribution in [0.2, 0.25) is 0 Å². The number of halogens is 5. The highest BCUT2D eigenvalue weighted by atomic mass is 32.2. The Balaban J connectivity index is 1.81. The van der Waals surface area contributed by atoms with Gasteiger partial charge in [0.1, 0.15) is 6.61 Å². The van der Waals surface area contributed by atoms with Crippen LogP contribution in [0.15, 0.2) is 29.2 Å². The van der Waals surface area contributed by atoms with Crippen LogP contribution in [-0.2, 0) is 26.1 Å². The third-order valence-corrected chi connectivity index (χ3v) is 6.57. The molecule has 1 fully saturated rings. The van der Waals surface area contributed by atoms with Crippen molar-refractivity contribution in [1.29, 1.82) is 0 Å². The molecule has 0 radical (unpaired) electrons. The normalized spacial score (nSPS) is 19.7. The van der Waals surface area contributed by atoms with Crippen LogP contribution in [-0.4, -0.2) is 44.0 Å². The van der Waals surface area contributed by atoms with Crippen LogP contribution in [0.3, 0.4) is 0 Å². The van der Waals surface area contributed by atoms with E-state index in [2.05, 4.69) is 4.74 Å². The predicted molar refractivity (Wildman–Crippen MR) is 101 cm³/mol. The SMILES string of the molecule is CC1CN(S(=O)(=O)c2cccc(C(=O)OCc3c(F)c(F)c(F)c(F)c3F)c2)CC(C)O1. The molecule has 0 saturated carbocycles. The summed E-state index contributed by atoms with van der Waals surface area (Å²) in [4.78, 5) is 12.0. The standard InChI is InChI=1S/C20H18F5NO5S/c1-10-7-26(8-11(2)31-10)32(28,29)13-5-3-4-12(6-13)20(27)30-9-14-15(21)17(23)19(25)18(24)16(14)22/h3-6,10-11H,7-9H2,1-2H3. The average molecular weight is 479 g/mol. The van der Waals surface area contributed by atoms with Crippen molar-refractivity contribution in [3.63, 3.8) is 0 Å². The van der Waals surface area contributed by atoms with Gasteiger partial charge in [0.15, 0.2) is 23.3 Å². The highest BCUT2D eigenvalue weighted by Crippen LogP contribution is 2.25. The van der Waals surface area contributed by atoms with Gasteiger partial charge < -0.3 is 9.47 Å². The molecular weight excluding hydrogens is 461 g/mol. The van der Waals surface area contributed by atoms with Crippen molar-refractivity contribution < 1.29 is 44.6 Å².